The van der Waals surface area contributed by atoms with Crippen LogP contribution >= 0.6 is 23.2 Å². The molecule has 0 radical (unpaired) electrons. The van der Waals surface area contributed by atoms with Crippen LogP contribution < -0.4 is 5.32 Å². The lowest BCUT2D eigenvalue weighted by Gasteiger charge is -2.08. The number of aryl methyl sites for hydroxylation is 1. The minimum Gasteiger partial charge on any atom is -0.456 e. The Morgan fingerprint density at radius 3 is 2.77 bits per heavy atom. The van der Waals surface area contributed by atoms with Gasteiger partial charge in [0.15, 0.2) is 18.1 Å². The zero-order valence-electron chi connectivity index (χ0n) is 13.5. The molecular formula is C18H14Cl2N2O4. The number of hydrogen-bond acceptors (Lipinski definition) is 5. The summed E-state index contributed by atoms with van der Waals surface area (Å²) in [6.07, 6.45) is 0.341. The van der Waals surface area contributed by atoms with Crippen molar-refractivity contribution in [2.24, 2.45) is 0 Å². The molecule has 1 amide bonds. The fourth-order valence-electron chi connectivity index (χ4n) is 2.23. The Bertz CT molecular complexity index is 922. The molecule has 1 N–H and O–H groups in total. The Hall–Kier alpha value is -2.57. The van der Waals surface area contributed by atoms with Gasteiger partial charge < -0.3 is 14.5 Å². The molecule has 0 atom stereocenters. The first-order chi connectivity index (χ1) is 12.5. The van der Waals surface area contributed by atoms with Gasteiger partial charge in [0.05, 0.1) is 17.1 Å². The zero-order chi connectivity index (χ0) is 18.5. The second-order valence-electron chi connectivity index (χ2n) is 5.41. The van der Waals surface area contributed by atoms with Gasteiger partial charge >= 0.3 is 5.97 Å². The maximum Gasteiger partial charge on any atom is 0.306 e. The van der Waals surface area contributed by atoms with E-state index in [2.05, 4.69) is 10.3 Å². The number of para-hydroxylation sites is 2. The Kier molecular flexibility index (Phi) is 5.75. The molecule has 134 valence electrons. The fraction of sp³-hybridized carbons (Fsp3) is 0.167. The van der Waals surface area contributed by atoms with Gasteiger partial charge in [0.25, 0.3) is 5.91 Å². The maximum atomic E-state index is 11.9. The molecule has 26 heavy (non-hydrogen) atoms. The van der Waals surface area contributed by atoms with Crippen LogP contribution in [-0.4, -0.2) is 23.5 Å². The van der Waals surface area contributed by atoms with Crippen molar-refractivity contribution in [1.29, 1.82) is 0 Å². The average molecular weight is 393 g/mol. The molecule has 2 aromatic carbocycles. The van der Waals surface area contributed by atoms with Crippen molar-refractivity contribution in [3.8, 4) is 0 Å². The summed E-state index contributed by atoms with van der Waals surface area (Å²) in [7, 11) is 0. The van der Waals surface area contributed by atoms with E-state index in [1.54, 1.807) is 18.2 Å². The van der Waals surface area contributed by atoms with E-state index >= 15 is 0 Å². The van der Waals surface area contributed by atoms with Crippen molar-refractivity contribution in [3.05, 3.63) is 58.4 Å². The number of rotatable bonds is 6. The van der Waals surface area contributed by atoms with E-state index in [1.807, 2.05) is 18.2 Å². The monoisotopic (exact) mass is 392 g/mol. The van der Waals surface area contributed by atoms with E-state index in [0.29, 0.717) is 27.2 Å². The molecule has 0 bridgehead atoms. The average Bonchev–Trinajstić information content (AvgIpc) is 3.04. The number of amides is 1. The normalized spacial score (nSPS) is 10.7. The van der Waals surface area contributed by atoms with Gasteiger partial charge in [0, 0.05) is 11.4 Å². The largest absolute Gasteiger partial charge is 0.456 e. The smallest absolute Gasteiger partial charge is 0.306 e. The van der Waals surface area contributed by atoms with E-state index in [0.717, 1.165) is 5.52 Å². The van der Waals surface area contributed by atoms with Crippen LogP contribution in [0, 0.1) is 0 Å². The molecule has 0 aliphatic heterocycles. The lowest BCUT2D eigenvalue weighted by molar-refractivity contribution is -0.147. The van der Waals surface area contributed by atoms with Crippen molar-refractivity contribution < 1.29 is 18.7 Å². The number of nitrogens with zero attached hydrogens (tertiary/aromatic N) is 1. The van der Waals surface area contributed by atoms with Crippen LogP contribution in [0.3, 0.4) is 0 Å². The molecule has 0 aliphatic carbocycles. The molecule has 0 aliphatic rings. The molecule has 6 nitrogen and oxygen atoms in total. The summed E-state index contributed by atoms with van der Waals surface area (Å²) in [5.74, 6) is -0.595. The number of esters is 1. The van der Waals surface area contributed by atoms with Crippen LogP contribution in [0.1, 0.15) is 12.3 Å². The molecule has 3 rings (SSSR count). The molecule has 1 heterocycles. The van der Waals surface area contributed by atoms with Gasteiger partial charge in [-0.3, -0.25) is 9.59 Å². The minimum absolute atomic E-state index is 0.0536. The van der Waals surface area contributed by atoms with Gasteiger partial charge in [-0.05, 0) is 30.3 Å². The number of anilines is 1. The second-order valence-corrected chi connectivity index (χ2v) is 6.25. The summed E-state index contributed by atoms with van der Waals surface area (Å²) in [6.45, 7) is -0.421. The van der Waals surface area contributed by atoms with Gasteiger partial charge in [-0.15, -0.1) is 0 Å². The predicted molar refractivity (Wildman–Crippen MR) is 98.4 cm³/mol. The number of carbonyl (C=O) groups is 2. The van der Waals surface area contributed by atoms with Gasteiger partial charge in [0.2, 0.25) is 0 Å². The van der Waals surface area contributed by atoms with Crippen LogP contribution in [0.15, 0.2) is 46.9 Å². The highest BCUT2D eigenvalue weighted by Crippen LogP contribution is 2.25. The Balaban J connectivity index is 1.46. The van der Waals surface area contributed by atoms with E-state index in [9.17, 15) is 9.59 Å². The van der Waals surface area contributed by atoms with Crippen LogP contribution in [0.4, 0.5) is 5.69 Å². The number of aromatic nitrogens is 1. The molecule has 8 heteroatoms. The highest BCUT2D eigenvalue weighted by molar-refractivity contribution is 6.35. The highest BCUT2D eigenvalue weighted by Gasteiger charge is 2.12. The predicted octanol–water partition coefficient (Wildman–Crippen LogP) is 4.25. The molecule has 1 aromatic heterocycles. The molecule has 0 fully saturated rings. The SMILES string of the molecule is O=C(COC(=O)CCc1nc2ccccc2o1)Nc1cc(Cl)ccc1Cl. The first kappa shape index (κ1) is 18.2. The van der Waals surface area contributed by atoms with Crippen molar-refractivity contribution >= 4 is 51.9 Å². The number of carbonyl (C=O) groups excluding carboxylic acids is 2. The number of ether oxygens (including phenoxy) is 1. The Morgan fingerprint density at radius 2 is 1.96 bits per heavy atom. The van der Waals surface area contributed by atoms with Gasteiger partial charge in [0.1, 0.15) is 5.52 Å². The van der Waals surface area contributed by atoms with Crippen LogP contribution in [-0.2, 0) is 20.7 Å². The lowest BCUT2D eigenvalue weighted by atomic mass is 10.3. The molecule has 0 saturated carbocycles. The number of nitrogens with one attached hydrogen (secondary N) is 1. The van der Waals surface area contributed by atoms with Gasteiger partial charge in [-0.1, -0.05) is 35.3 Å². The summed E-state index contributed by atoms with van der Waals surface area (Å²) < 4.78 is 10.5. The molecular weight excluding hydrogens is 379 g/mol. The summed E-state index contributed by atoms with van der Waals surface area (Å²) in [6, 6.07) is 12.0. The zero-order valence-corrected chi connectivity index (χ0v) is 15.0. The third kappa shape index (κ3) is 4.74. The topological polar surface area (TPSA) is 81.4 Å². The Labute approximate surface area is 159 Å². The third-order valence-electron chi connectivity index (χ3n) is 3.45. The molecule has 0 unspecified atom stereocenters. The number of oxazole rings is 1. The van der Waals surface area contributed by atoms with Crippen LogP contribution in [0.2, 0.25) is 10.0 Å². The van der Waals surface area contributed by atoms with Crippen molar-refractivity contribution in [3.63, 3.8) is 0 Å². The quantitative estimate of drug-likeness (QED) is 0.634. The maximum absolute atomic E-state index is 11.9. The first-order valence-corrected chi connectivity index (χ1v) is 8.52. The molecule has 0 saturated heterocycles. The van der Waals surface area contributed by atoms with E-state index in [-0.39, 0.29) is 12.8 Å². The summed E-state index contributed by atoms with van der Waals surface area (Å²) in [4.78, 5) is 27.9. The summed E-state index contributed by atoms with van der Waals surface area (Å²) >= 11 is 11.8. The summed E-state index contributed by atoms with van der Waals surface area (Å²) in [5.41, 5.74) is 1.74. The van der Waals surface area contributed by atoms with Crippen molar-refractivity contribution in [1.82, 2.24) is 4.98 Å². The molecule has 3 aromatic rings. The Morgan fingerprint density at radius 1 is 1.15 bits per heavy atom. The van der Waals surface area contributed by atoms with E-state index in [1.165, 1.54) is 6.07 Å². The molecule has 0 spiro atoms. The number of hydrogen-bond donors (Lipinski definition) is 1. The van der Waals surface area contributed by atoms with E-state index in [4.69, 9.17) is 32.4 Å². The fourth-order valence-corrected chi connectivity index (χ4v) is 2.57. The highest BCUT2D eigenvalue weighted by atomic mass is 35.5. The second kappa shape index (κ2) is 8.21. The van der Waals surface area contributed by atoms with Crippen molar-refractivity contribution in [2.45, 2.75) is 12.8 Å². The summed E-state index contributed by atoms with van der Waals surface area (Å²) in [5, 5.41) is 3.30. The van der Waals surface area contributed by atoms with Crippen molar-refractivity contribution in [2.75, 3.05) is 11.9 Å². The third-order valence-corrected chi connectivity index (χ3v) is 4.01. The minimum atomic E-state index is -0.528. The number of halogens is 2. The van der Waals surface area contributed by atoms with Gasteiger partial charge in [-0.2, -0.15) is 0 Å². The van der Waals surface area contributed by atoms with Crippen LogP contribution in [0.25, 0.3) is 11.1 Å². The lowest BCUT2D eigenvalue weighted by Crippen LogP contribution is -2.21. The standard InChI is InChI=1S/C18H14Cl2N2O4/c19-11-5-6-12(20)14(9-11)21-16(23)10-25-18(24)8-7-17-22-13-3-1-2-4-15(13)26-17/h1-6,9H,7-8,10H2,(H,21,23). The van der Waals surface area contributed by atoms with Crippen LogP contribution in [0.5, 0.6) is 0 Å². The first-order valence-electron chi connectivity index (χ1n) is 7.76. The van der Waals surface area contributed by atoms with E-state index < -0.39 is 18.5 Å². The number of benzene rings is 2. The number of fused-ring (bicyclic) bond motifs is 1. The van der Waals surface area contributed by atoms with Gasteiger partial charge in [-0.25, -0.2) is 4.98 Å².